The Morgan fingerprint density at radius 1 is 1.29 bits per heavy atom. The molecule has 0 saturated carbocycles. The average Bonchev–Trinajstić information content (AvgIpc) is 3.07. The smallest absolute Gasteiger partial charge is 0.419 e. The number of halogens is 3. The molecule has 1 atom stereocenters. The van der Waals surface area contributed by atoms with Gasteiger partial charge in [-0.1, -0.05) is 35.2 Å². The largest absolute Gasteiger partial charge is 0.480 e. The van der Waals surface area contributed by atoms with E-state index in [1.54, 1.807) is 6.92 Å². The molecule has 2 rings (SSSR count). The molecule has 1 amide bonds. The minimum atomic E-state index is -4.60. The number of amides is 1. The number of nitrogens with zero attached hydrogens (tertiary/aromatic N) is 2. The first-order valence-electron chi connectivity index (χ1n) is 7.96. The Morgan fingerprint density at radius 3 is 2.68 bits per heavy atom. The maximum Gasteiger partial charge on any atom is 0.419 e. The van der Waals surface area contributed by atoms with Crippen molar-refractivity contribution in [2.45, 2.75) is 30.5 Å². The zero-order chi connectivity index (χ0) is 20.7. The predicted molar refractivity (Wildman–Crippen MR) is 97.4 cm³/mol. The predicted octanol–water partition coefficient (Wildman–Crippen LogP) is 3.62. The van der Waals surface area contributed by atoms with Crippen LogP contribution < -0.4 is 10.1 Å². The Kier molecular flexibility index (Phi) is 7.63. The van der Waals surface area contributed by atoms with Crippen LogP contribution in [0.3, 0.4) is 0 Å². The number of carbonyl (C=O) groups excluding carboxylic acids is 2. The van der Waals surface area contributed by atoms with E-state index in [-0.39, 0.29) is 17.5 Å². The van der Waals surface area contributed by atoms with Crippen LogP contribution in [0.1, 0.15) is 19.4 Å². The summed E-state index contributed by atoms with van der Waals surface area (Å²) in [6, 6.07) is 4.63. The van der Waals surface area contributed by atoms with Crippen molar-refractivity contribution < 1.29 is 32.2 Å². The molecule has 28 heavy (non-hydrogen) atoms. The van der Waals surface area contributed by atoms with Gasteiger partial charge in [0.2, 0.25) is 5.13 Å². The molecule has 0 radical (unpaired) electrons. The second kappa shape index (κ2) is 9.73. The molecule has 0 spiro atoms. The molecule has 1 unspecified atom stereocenters. The van der Waals surface area contributed by atoms with Crippen molar-refractivity contribution in [3.63, 3.8) is 0 Å². The van der Waals surface area contributed by atoms with Crippen molar-refractivity contribution in [2.75, 3.05) is 17.7 Å². The number of thioether (sulfide) groups is 1. The number of ether oxygens (including phenoxy) is 2. The van der Waals surface area contributed by atoms with Gasteiger partial charge in [-0.05, 0) is 26.0 Å². The van der Waals surface area contributed by atoms with Crippen molar-refractivity contribution in [2.24, 2.45) is 0 Å². The van der Waals surface area contributed by atoms with Crippen LogP contribution in [-0.4, -0.2) is 40.5 Å². The lowest BCUT2D eigenvalue weighted by Gasteiger charge is -2.17. The van der Waals surface area contributed by atoms with E-state index in [1.165, 1.54) is 19.1 Å². The summed E-state index contributed by atoms with van der Waals surface area (Å²) in [6.45, 7) is 3.28. The fraction of sp³-hybridized carbons (Fsp3) is 0.375. The molecule has 0 saturated heterocycles. The number of esters is 1. The highest BCUT2D eigenvalue weighted by Crippen LogP contribution is 2.36. The third-order valence-electron chi connectivity index (χ3n) is 3.12. The van der Waals surface area contributed by atoms with E-state index in [9.17, 15) is 22.8 Å². The molecule has 152 valence electrons. The number of para-hydroxylation sites is 1. The molecule has 0 bridgehead atoms. The SMILES string of the molecule is CCOC(=O)CSc1nnc(NC(=O)C(C)Oc2ccccc2C(F)(F)F)s1. The Hall–Kier alpha value is -2.34. The number of benzene rings is 1. The molecule has 12 heteroatoms. The van der Waals surface area contributed by atoms with Gasteiger partial charge in [-0.25, -0.2) is 0 Å². The second-order valence-corrected chi connectivity index (χ2v) is 7.41. The van der Waals surface area contributed by atoms with Crippen LogP contribution in [0, 0.1) is 0 Å². The number of anilines is 1. The van der Waals surface area contributed by atoms with Gasteiger partial charge in [-0.2, -0.15) is 13.2 Å². The van der Waals surface area contributed by atoms with E-state index >= 15 is 0 Å². The van der Waals surface area contributed by atoms with E-state index in [2.05, 4.69) is 15.5 Å². The van der Waals surface area contributed by atoms with Crippen LogP contribution in [0.4, 0.5) is 18.3 Å². The van der Waals surface area contributed by atoms with E-state index in [1.807, 2.05) is 0 Å². The second-order valence-electron chi connectivity index (χ2n) is 5.21. The summed E-state index contributed by atoms with van der Waals surface area (Å²) >= 11 is 2.11. The lowest BCUT2D eigenvalue weighted by molar-refractivity contribution is -0.140. The average molecular weight is 435 g/mol. The van der Waals surface area contributed by atoms with Crippen molar-refractivity contribution in [1.29, 1.82) is 0 Å². The van der Waals surface area contributed by atoms with Gasteiger partial charge in [-0.3, -0.25) is 14.9 Å². The number of hydrogen-bond acceptors (Lipinski definition) is 8. The molecule has 1 aromatic carbocycles. The molecule has 0 aliphatic rings. The lowest BCUT2D eigenvalue weighted by Crippen LogP contribution is -2.30. The summed E-state index contributed by atoms with van der Waals surface area (Å²) in [5.74, 6) is -1.49. The standard InChI is InChI=1S/C16H16F3N3O4S2/c1-3-25-12(23)8-27-15-22-21-14(28-15)20-13(24)9(2)26-11-7-5-4-6-10(11)16(17,18)19/h4-7,9H,3,8H2,1-2H3,(H,20,21,24). The Balaban J connectivity index is 1.94. The molecular formula is C16H16F3N3O4S2. The zero-order valence-electron chi connectivity index (χ0n) is 14.8. The van der Waals surface area contributed by atoms with Crippen LogP contribution in [0.2, 0.25) is 0 Å². The third-order valence-corrected chi connectivity index (χ3v) is 5.07. The van der Waals surface area contributed by atoms with E-state index < -0.39 is 35.5 Å². The quantitative estimate of drug-likeness (QED) is 0.385. The molecular weight excluding hydrogens is 419 g/mol. The van der Waals surface area contributed by atoms with E-state index in [4.69, 9.17) is 9.47 Å². The van der Waals surface area contributed by atoms with Crippen LogP contribution in [0.25, 0.3) is 0 Å². The fourth-order valence-corrected chi connectivity index (χ4v) is 3.45. The fourth-order valence-electron chi connectivity index (χ4n) is 1.90. The van der Waals surface area contributed by atoms with Gasteiger partial charge in [0.25, 0.3) is 5.91 Å². The minimum absolute atomic E-state index is 0.0458. The normalized spacial score (nSPS) is 12.3. The number of carbonyl (C=O) groups is 2. The number of hydrogen-bond donors (Lipinski definition) is 1. The van der Waals surface area contributed by atoms with Gasteiger partial charge in [-0.15, -0.1) is 10.2 Å². The molecule has 0 aliphatic heterocycles. The first-order chi connectivity index (χ1) is 13.2. The number of aromatic nitrogens is 2. The Labute approximate surface area is 166 Å². The number of rotatable bonds is 8. The number of nitrogens with one attached hydrogen (secondary N) is 1. The van der Waals surface area contributed by atoms with Crippen molar-refractivity contribution in [3.05, 3.63) is 29.8 Å². The summed E-state index contributed by atoms with van der Waals surface area (Å²) in [5, 5.41) is 10.1. The summed E-state index contributed by atoms with van der Waals surface area (Å²) in [7, 11) is 0. The maximum absolute atomic E-state index is 13.0. The van der Waals surface area contributed by atoms with Gasteiger partial charge < -0.3 is 9.47 Å². The van der Waals surface area contributed by atoms with Crippen LogP contribution >= 0.6 is 23.1 Å². The van der Waals surface area contributed by atoms with Gasteiger partial charge >= 0.3 is 12.1 Å². The molecule has 0 aliphatic carbocycles. The Bertz CT molecular complexity index is 829. The third kappa shape index (κ3) is 6.37. The van der Waals surface area contributed by atoms with Crippen LogP contribution in [0.5, 0.6) is 5.75 Å². The lowest BCUT2D eigenvalue weighted by atomic mass is 10.2. The van der Waals surface area contributed by atoms with Gasteiger partial charge in [0.15, 0.2) is 10.4 Å². The van der Waals surface area contributed by atoms with Gasteiger partial charge in [0.05, 0.1) is 17.9 Å². The molecule has 1 heterocycles. The van der Waals surface area contributed by atoms with Crippen LogP contribution in [0.15, 0.2) is 28.6 Å². The Morgan fingerprint density at radius 2 is 2.00 bits per heavy atom. The van der Waals surface area contributed by atoms with Crippen LogP contribution in [-0.2, 0) is 20.5 Å². The molecule has 0 fully saturated rings. The van der Waals surface area contributed by atoms with Crippen molar-refractivity contribution in [1.82, 2.24) is 10.2 Å². The topological polar surface area (TPSA) is 90.4 Å². The first-order valence-corrected chi connectivity index (χ1v) is 9.76. The summed E-state index contributed by atoms with van der Waals surface area (Å²) in [6.07, 6.45) is -5.81. The van der Waals surface area contributed by atoms with E-state index in [0.29, 0.717) is 4.34 Å². The highest BCUT2D eigenvalue weighted by molar-refractivity contribution is 8.01. The minimum Gasteiger partial charge on any atom is -0.480 e. The molecule has 1 N–H and O–H groups in total. The van der Waals surface area contributed by atoms with Gasteiger partial charge in [0, 0.05) is 0 Å². The molecule has 2 aromatic rings. The van der Waals surface area contributed by atoms with Gasteiger partial charge in [0.1, 0.15) is 5.75 Å². The maximum atomic E-state index is 13.0. The van der Waals surface area contributed by atoms with Crippen molar-refractivity contribution in [3.8, 4) is 5.75 Å². The first kappa shape index (κ1) is 22.0. The summed E-state index contributed by atoms with van der Waals surface area (Å²) in [5.41, 5.74) is -0.969. The highest BCUT2D eigenvalue weighted by atomic mass is 32.2. The van der Waals surface area contributed by atoms with E-state index in [0.717, 1.165) is 35.2 Å². The zero-order valence-corrected chi connectivity index (χ0v) is 16.4. The summed E-state index contributed by atoms with van der Waals surface area (Å²) in [4.78, 5) is 23.5. The number of alkyl halides is 3. The monoisotopic (exact) mass is 435 g/mol. The summed E-state index contributed by atoms with van der Waals surface area (Å²) < 4.78 is 49.4. The highest BCUT2D eigenvalue weighted by Gasteiger charge is 2.34. The van der Waals surface area contributed by atoms with Crippen molar-refractivity contribution >= 4 is 40.1 Å². The molecule has 1 aromatic heterocycles. The molecule has 7 nitrogen and oxygen atoms in total.